The number of fused-ring (bicyclic) bond motifs is 2. The van der Waals surface area contributed by atoms with E-state index in [1.54, 1.807) is 6.08 Å². The van der Waals surface area contributed by atoms with E-state index in [9.17, 15) is 19.6 Å². The van der Waals surface area contributed by atoms with Crippen molar-refractivity contribution in [3.05, 3.63) is 27.1 Å². The lowest BCUT2D eigenvalue weighted by molar-refractivity contribution is -0.142. The van der Waals surface area contributed by atoms with Gasteiger partial charge in [-0.3, -0.25) is 19.3 Å². The molecule has 2 unspecified atom stereocenters. The SMILES string of the molecule is N#Cc1c(NC(=O)CN2C(=O)C3CC=C(Cl)CC3C2=O)sc2c1CCC2. The van der Waals surface area contributed by atoms with Gasteiger partial charge in [-0.2, -0.15) is 5.26 Å². The summed E-state index contributed by atoms with van der Waals surface area (Å²) in [4.78, 5) is 39.6. The minimum atomic E-state index is -0.465. The summed E-state index contributed by atoms with van der Waals surface area (Å²) < 4.78 is 0. The zero-order chi connectivity index (χ0) is 18.4. The van der Waals surface area contributed by atoms with Gasteiger partial charge in [0.05, 0.1) is 17.4 Å². The number of hydrogen-bond donors (Lipinski definition) is 1. The molecule has 0 bridgehead atoms. The first-order valence-corrected chi connectivity index (χ1v) is 9.73. The van der Waals surface area contributed by atoms with E-state index >= 15 is 0 Å². The zero-order valence-electron chi connectivity index (χ0n) is 13.9. The van der Waals surface area contributed by atoms with E-state index in [2.05, 4.69) is 11.4 Å². The number of likely N-dealkylation sites (tertiary alicyclic amines) is 1. The maximum atomic E-state index is 12.5. The first-order chi connectivity index (χ1) is 12.5. The molecule has 2 heterocycles. The molecule has 1 saturated heterocycles. The minimum absolute atomic E-state index is 0.315. The molecule has 0 aromatic carbocycles. The number of anilines is 1. The molecule has 134 valence electrons. The predicted octanol–water partition coefficient (Wildman–Crippen LogP) is 2.56. The molecule has 1 N–H and O–H groups in total. The summed E-state index contributed by atoms with van der Waals surface area (Å²) in [7, 11) is 0. The van der Waals surface area contributed by atoms with Crippen LogP contribution in [0.15, 0.2) is 11.1 Å². The fraction of sp³-hybridized carbons (Fsp3) is 0.444. The van der Waals surface area contributed by atoms with Crippen LogP contribution in [0.4, 0.5) is 5.00 Å². The van der Waals surface area contributed by atoms with E-state index in [0.29, 0.717) is 28.4 Å². The number of amides is 3. The van der Waals surface area contributed by atoms with Gasteiger partial charge in [-0.15, -0.1) is 11.3 Å². The number of aryl methyl sites for hydroxylation is 1. The van der Waals surface area contributed by atoms with Crippen molar-refractivity contribution in [1.29, 1.82) is 5.26 Å². The highest BCUT2D eigenvalue weighted by Crippen LogP contribution is 2.40. The molecule has 2 atom stereocenters. The van der Waals surface area contributed by atoms with Crippen LogP contribution in [0.3, 0.4) is 0 Å². The van der Waals surface area contributed by atoms with Crippen LogP contribution in [-0.4, -0.2) is 29.2 Å². The Balaban J connectivity index is 1.47. The molecule has 6 nitrogen and oxygen atoms in total. The van der Waals surface area contributed by atoms with Gasteiger partial charge in [-0.05, 0) is 37.7 Å². The molecule has 2 aliphatic carbocycles. The Labute approximate surface area is 159 Å². The molecule has 1 aromatic heterocycles. The number of allylic oxidation sites excluding steroid dienone is 2. The maximum absolute atomic E-state index is 12.5. The van der Waals surface area contributed by atoms with Crippen molar-refractivity contribution in [2.24, 2.45) is 11.8 Å². The van der Waals surface area contributed by atoms with Crippen LogP contribution in [-0.2, 0) is 27.2 Å². The molecule has 1 aliphatic heterocycles. The van der Waals surface area contributed by atoms with Gasteiger partial charge in [0, 0.05) is 9.91 Å². The molecule has 0 radical (unpaired) electrons. The molecule has 4 rings (SSSR count). The standard InChI is InChI=1S/C18H16ClN3O3S/c19-9-4-5-11-12(6-9)18(25)22(17(11)24)8-15(23)21-16-13(7-20)10-2-1-3-14(10)26-16/h4,11-12H,1-3,5-6,8H2,(H,21,23). The van der Waals surface area contributed by atoms with E-state index < -0.39 is 17.7 Å². The third kappa shape index (κ3) is 2.74. The monoisotopic (exact) mass is 389 g/mol. The molecule has 26 heavy (non-hydrogen) atoms. The quantitative estimate of drug-likeness (QED) is 0.804. The van der Waals surface area contributed by atoms with Gasteiger partial charge in [0.15, 0.2) is 0 Å². The van der Waals surface area contributed by atoms with Gasteiger partial charge in [0.1, 0.15) is 17.6 Å². The first-order valence-electron chi connectivity index (χ1n) is 8.53. The van der Waals surface area contributed by atoms with E-state index in [1.165, 1.54) is 11.3 Å². The summed E-state index contributed by atoms with van der Waals surface area (Å²) in [6.45, 7) is -0.324. The third-order valence-electron chi connectivity index (χ3n) is 5.25. The molecule has 1 aromatic rings. The van der Waals surface area contributed by atoms with Crippen LogP contribution in [0.5, 0.6) is 0 Å². The fourth-order valence-electron chi connectivity index (χ4n) is 3.97. The lowest BCUT2D eigenvalue weighted by Crippen LogP contribution is -2.38. The van der Waals surface area contributed by atoms with Gasteiger partial charge < -0.3 is 5.32 Å². The molecule has 1 fully saturated rings. The average molecular weight is 390 g/mol. The Bertz CT molecular complexity index is 898. The van der Waals surface area contributed by atoms with Crippen LogP contribution >= 0.6 is 22.9 Å². The molecular formula is C18H16ClN3O3S. The second-order valence-corrected chi connectivity index (χ2v) is 8.38. The van der Waals surface area contributed by atoms with Gasteiger partial charge in [0.25, 0.3) is 0 Å². The number of hydrogen-bond acceptors (Lipinski definition) is 5. The Morgan fingerprint density at radius 3 is 2.88 bits per heavy atom. The van der Waals surface area contributed by atoms with Crippen molar-refractivity contribution in [2.75, 3.05) is 11.9 Å². The average Bonchev–Trinajstić information content (AvgIpc) is 3.24. The van der Waals surface area contributed by atoms with Crippen molar-refractivity contribution in [3.8, 4) is 6.07 Å². The molecular weight excluding hydrogens is 374 g/mol. The Morgan fingerprint density at radius 1 is 1.35 bits per heavy atom. The number of nitrogens with zero attached hydrogens (tertiary/aromatic N) is 2. The highest BCUT2D eigenvalue weighted by Gasteiger charge is 2.48. The topological polar surface area (TPSA) is 90.3 Å². The van der Waals surface area contributed by atoms with Crippen molar-refractivity contribution in [1.82, 2.24) is 4.90 Å². The summed E-state index contributed by atoms with van der Waals surface area (Å²) >= 11 is 7.41. The van der Waals surface area contributed by atoms with Crippen molar-refractivity contribution in [2.45, 2.75) is 32.1 Å². The van der Waals surface area contributed by atoms with Gasteiger partial charge >= 0.3 is 0 Å². The summed E-state index contributed by atoms with van der Waals surface area (Å²) in [5, 5.41) is 13.2. The summed E-state index contributed by atoms with van der Waals surface area (Å²) in [6, 6.07) is 2.16. The lowest BCUT2D eigenvalue weighted by atomic mass is 9.85. The largest absolute Gasteiger partial charge is 0.315 e. The van der Waals surface area contributed by atoms with Crippen molar-refractivity contribution < 1.29 is 14.4 Å². The van der Waals surface area contributed by atoms with Crippen LogP contribution in [0.1, 0.15) is 35.3 Å². The Hall–Kier alpha value is -2.17. The summed E-state index contributed by atoms with van der Waals surface area (Å²) in [6.07, 6.45) is 5.35. The second-order valence-electron chi connectivity index (χ2n) is 6.79. The lowest BCUT2D eigenvalue weighted by Gasteiger charge is -2.17. The van der Waals surface area contributed by atoms with Gasteiger partial charge in [0.2, 0.25) is 17.7 Å². The summed E-state index contributed by atoms with van der Waals surface area (Å²) in [5.41, 5.74) is 1.53. The van der Waals surface area contributed by atoms with Gasteiger partial charge in [-0.1, -0.05) is 17.7 Å². The number of thiophene rings is 1. The van der Waals surface area contributed by atoms with Crippen molar-refractivity contribution >= 4 is 45.7 Å². The number of nitriles is 1. The van der Waals surface area contributed by atoms with E-state index in [-0.39, 0.29) is 18.4 Å². The highest BCUT2D eigenvalue weighted by atomic mass is 35.5. The zero-order valence-corrected chi connectivity index (χ0v) is 15.5. The molecule has 8 heteroatoms. The maximum Gasteiger partial charge on any atom is 0.245 e. The van der Waals surface area contributed by atoms with E-state index in [1.807, 2.05) is 0 Å². The normalized spacial score (nSPS) is 24.2. The second kappa shape index (κ2) is 6.53. The first kappa shape index (κ1) is 17.3. The number of nitrogens with one attached hydrogen (secondary N) is 1. The minimum Gasteiger partial charge on any atom is -0.315 e. The highest BCUT2D eigenvalue weighted by molar-refractivity contribution is 7.16. The van der Waals surface area contributed by atoms with Crippen LogP contribution in [0, 0.1) is 23.2 Å². The van der Waals surface area contributed by atoms with Crippen molar-refractivity contribution in [3.63, 3.8) is 0 Å². The van der Waals surface area contributed by atoms with Crippen LogP contribution < -0.4 is 5.32 Å². The number of carbonyl (C=O) groups is 3. The summed E-state index contributed by atoms with van der Waals surface area (Å²) in [5.74, 6) is -1.99. The smallest absolute Gasteiger partial charge is 0.245 e. The van der Waals surface area contributed by atoms with Crippen LogP contribution in [0.2, 0.25) is 0 Å². The van der Waals surface area contributed by atoms with Gasteiger partial charge in [-0.25, -0.2) is 0 Å². The number of imide groups is 1. The molecule has 3 aliphatic rings. The fourth-order valence-corrected chi connectivity index (χ4v) is 5.48. The molecule has 3 amide bonds. The number of rotatable bonds is 3. The Morgan fingerprint density at radius 2 is 2.12 bits per heavy atom. The predicted molar refractivity (Wildman–Crippen MR) is 96.6 cm³/mol. The van der Waals surface area contributed by atoms with Crippen LogP contribution in [0.25, 0.3) is 0 Å². The molecule has 0 saturated carbocycles. The Kier molecular flexibility index (Phi) is 4.33. The molecule has 0 spiro atoms. The van der Waals surface area contributed by atoms with E-state index in [0.717, 1.165) is 34.6 Å². The van der Waals surface area contributed by atoms with E-state index in [4.69, 9.17) is 11.6 Å². The number of halogens is 1. The third-order valence-corrected chi connectivity index (χ3v) is 6.76. The number of carbonyl (C=O) groups excluding carboxylic acids is 3.